The van der Waals surface area contributed by atoms with Crippen LogP contribution in [0.5, 0.6) is 0 Å². The average Bonchev–Trinajstić information content (AvgIpc) is 3.30. The fourth-order valence-electron chi connectivity index (χ4n) is 2.32. The number of nitrogens with zero attached hydrogens (tertiary/aromatic N) is 2. The highest BCUT2D eigenvalue weighted by molar-refractivity contribution is 7.15. The monoisotopic (exact) mass is 335 g/mol. The van der Waals surface area contributed by atoms with Crippen molar-refractivity contribution in [2.45, 2.75) is 0 Å². The second-order valence-corrected chi connectivity index (χ2v) is 6.01. The molecule has 0 aliphatic heterocycles. The number of carbonyl (C=O) groups is 1. The third kappa shape index (κ3) is 3.00. The van der Waals surface area contributed by atoms with Gasteiger partial charge < -0.3 is 9.73 Å². The minimum absolute atomic E-state index is 0.207. The van der Waals surface area contributed by atoms with E-state index in [2.05, 4.69) is 10.3 Å². The summed E-state index contributed by atoms with van der Waals surface area (Å²) in [5.74, 6) is 0.432. The van der Waals surface area contributed by atoms with Crippen LogP contribution in [0.4, 0.5) is 5.69 Å². The van der Waals surface area contributed by atoms with Gasteiger partial charge in [0.1, 0.15) is 5.76 Å². The molecule has 0 aliphatic rings. The Hall–Kier alpha value is -3.12. The number of carbonyl (C=O) groups excluding carboxylic acids is 1. The van der Waals surface area contributed by atoms with Gasteiger partial charge in [0.05, 0.1) is 12.0 Å². The topological polar surface area (TPSA) is 59.5 Å². The first-order chi connectivity index (χ1) is 11.8. The summed E-state index contributed by atoms with van der Waals surface area (Å²) in [6, 6.07) is 11.2. The van der Waals surface area contributed by atoms with Crippen molar-refractivity contribution >= 4 is 34.0 Å². The first-order valence-electron chi connectivity index (χ1n) is 7.33. The van der Waals surface area contributed by atoms with Crippen molar-refractivity contribution in [2.24, 2.45) is 0 Å². The van der Waals surface area contributed by atoms with Crippen molar-refractivity contribution in [3.05, 3.63) is 72.3 Å². The van der Waals surface area contributed by atoms with Gasteiger partial charge in [-0.2, -0.15) is 0 Å². The number of anilines is 1. The summed E-state index contributed by atoms with van der Waals surface area (Å²) in [4.78, 5) is 17.4. The van der Waals surface area contributed by atoms with Crippen molar-refractivity contribution in [1.29, 1.82) is 0 Å². The summed E-state index contributed by atoms with van der Waals surface area (Å²) < 4.78 is 7.14. The van der Waals surface area contributed by atoms with Gasteiger partial charge >= 0.3 is 0 Å². The van der Waals surface area contributed by atoms with E-state index in [0.29, 0.717) is 5.76 Å². The van der Waals surface area contributed by atoms with Gasteiger partial charge in [-0.3, -0.25) is 9.20 Å². The van der Waals surface area contributed by atoms with Gasteiger partial charge in [0, 0.05) is 35.1 Å². The number of fused-ring (bicyclic) bond motifs is 1. The average molecular weight is 335 g/mol. The van der Waals surface area contributed by atoms with Crippen molar-refractivity contribution in [1.82, 2.24) is 9.38 Å². The fraction of sp³-hybridized carbons (Fsp3) is 0. The molecule has 0 aliphatic carbocycles. The highest BCUT2D eigenvalue weighted by Crippen LogP contribution is 2.23. The van der Waals surface area contributed by atoms with E-state index in [9.17, 15) is 4.79 Å². The molecule has 0 spiro atoms. The summed E-state index contributed by atoms with van der Waals surface area (Å²) in [5, 5.41) is 4.81. The van der Waals surface area contributed by atoms with E-state index in [1.165, 1.54) is 6.08 Å². The Morgan fingerprint density at radius 2 is 2.12 bits per heavy atom. The molecule has 0 saturated heterocycles. The standard InChI is InChI=1S/C18H13N3O2S/c22-17(8-7-15-2-1-10-23-15)19-14-5-3-13(4-6-14)16-12-21-9-11-24-18(21)20-16/h1-12H,(H,19,22)/b8-7+. The van der Waals surface area contributed by atoms with Gasteiger partial charge in [-0.25, -0.2) is 4.98 Å². The maximum atomic E-state index is 11.9. The molecule has 3 aromatic heterocycles. The van der Waals surface area contributed by atoms with E-state index in [0.717, 1.165) is 21.9 Å². The van der Waals surface area contributed by atoms with Crippen LogP contribution in [0.15, 0.2) is 70.9 Å². The summed E-state index contributed by atoms with van der Waals surface area (Å²) in [6.07, 6.45) is 8.61. The quantitative estimate of drug-likeness (QED) is 0.565. The van der Waals surface area contributed by atoms with Crippen LogP contribution >= 0.6 is 11.3 Å². The Morgan fingerprint density at radius 3 is 2.88 bits per heavy atom. The summed E-state index contributed by atoms with van der Waals surface area (Å²) >= 11 is 1.60. The predicted molar refractivity (Wildman–Crippen MR) is 94.9 cm³/mol. The number of imidazole rings is 1. The van der Waals surface area contributed by atoms with Crippen LogP contribution < -0.4 is 5.32 Å². The van der Waals surface area contributed by atoms with E-state index in [-0.39, 0.29) is 5.91 Å². The number of rotatable bonds is 4. The van der Waals surface area contributed by atoms with Gasteiger partial charge in [-0.1, -0.05) is 12.1 Å². The number of nitrogens with one attached hydrogen (secondary N) is 1. The lowest BCUT2D eigenvalue weighted by atomic mass is 10.1. The molecule has 0 radical (unpaired) electrons. The van der Waals surface area contributed by atoms with Crippen molar-refractivity contribution in [2.75, 3.05) is 5.32 Å². The normalized spacial score (nSPS) is 11.3. The number of thiazole rings is 1. The lowest BCUT2D eigenvalue weighted by molar-refractivity contribution is -0.111. The number of amides is 1. The fourth-order valence-corrected chi connectivity index (χ4v) is 3.02. The van der Waals surface area contributed by atoms with Gasteiger partial charge in [0.2, 0.25) is 5.91 Å². The van der Waals surface area contributed by atoms with Gasteiger partial charge in [-0.15, -0.1) is 11.3 Å². The van der Waals surface area contributed by atoms with E-state index < -0.39 is 0 Å². The molecule has 6 heteroatoms. The molecule has 0 atom stereocenters. The minimum atomic E-state index is -0.207. The highest BCUT2D eigenvalue weighted by Gasteiger charge is 2.05. The molecule has 118 valence electrons. The maximum Gasteiger partial charge on any atom is 0.248 e. The number of hydrogen-bond donors (Lipinski definition) is 1. The molecule has 0 fully saturated rings. The smallest absolute Gasteiger partial charge is 0.248 e. The van der Waals surface area contributed by atoms with Crippen LogP contribution in [0.3, 0.4) is 0 Å². The molecule has 5 nitrogen and oxygen atoms in total. The molecule has 4 rings (SSSR count). The molecule has 3 heterocycles. The maximum absolute atomic E-state index is 11.9. The Bertz CT molecular complexity index is 966. The second-order valence-electron chi connectivity index (χ2n) is 5.13. The van der Waals surface area contributed by atoms with Gasteiger partial charge in [0.25, 0.3) is 0 Å². The molecule has 0 saturated carbocycles. The molecule has 1 amide bonds. The molecule has 0 bridgehead atoms. The number of benzene rings is 1. The molecular weight excluding hydrogens is 322 g/mol. The van der Waals surface area contributed by atoms with E-state index in [4.69, 9.17) is 4.42 Å². The number of hydrogen-bond acceptors (Lipinski definition) is 4. The van der Waals surface area contributed by atoms with Gasteiger partial charge in [0.15, 0.2) is 4.96 Å². The summed E-state index contributed by atoms with van der Waals surface area (Å²) in [7, 11) is 0. The first kappa shape index (κ1) is 14.5. The number of aromatic nitrogens is 2. The largest absolute Gasteiger partial charge is 0.465 e. The second kappa shape index (κ2) is 6.17. The SMILES string of the molecule is O=C(/C=C/c1ccco1)Nc1ccc(-c2cn3ccsc3n2)cc1. The highest BCUT2D eigenvalue weighted by atomic mass is 32.1. The van der Waals surface area contributed by atoms with Crippen molar-refractivity contribution in [3.8, 4) is 11.3 Å². The Balaban J connectivity index is 1.45. The van der Waals surface area contributed by atoms with Crippen LogP contribution in [0.1, 0.15) is 5.76 Å². The molecule has 24 heavy (non-hydrogen) atoms. The zero-order chi connectivity index (χ0) is 16.4. The zero-order valence-electron chi connectivity index (χ0n) is 12.5. The number of furan rings is 1. The van der Waals surface area contributed by atoms with Crippen LogP contribution in [0.25, 0.3) is 22.3 Å². The van der Waals surface area contributed by atoms with Crippen LogP contribution in [-0.2, 0) is 4.79 Å². The van der Waals surface area contributed by atoms with Crippen LogP contribution in [0.2, 0.25) is 0 Å². The lowest BCUT2D eigenvalue weighted by Gasteiger charge is -2.03. The minimum Gasteiger partial charge on any atom is -0.465 e. The predicted octanol–water partition coefficient (Wildman–Crippen LogP) is 4.31. The first-order valence-corrected chi connectivity index (χ1v) is 8.21. The third-order valence-corrected chi connectivity index (χ3v) is 4.25. The Morgan fingerprint density at radius 1 is 1.25 bits per heavy atom. The summed E-state index contributed by atoms with van der Waals surface area (Å²) in [6.45, 7) is 0. The summed E-state index contributed by atoms with van der Waals surface area (Å²) in [5.41, 5.74) is 2.65. The van der Waals surface area contributed by atoms with E-state index >= 15 is 0 Å². The lowest BCUT2D eigenvalue weighted by Crippen LogP contribution is -2.07. The molecule has 0 unspecified atom stereocenters. The molecular formula is C18H13N3O2S. The zero-order valence-corrected chi connectivity index (χ0v) is 13.4. The van der Waals surface area contributed by atoms with Gasteiger partial charge in [-0.05, 0) is 30.3 Å². The van der Waals surface area contributed by atoms with E-state index in [1.54, 1.807) is 35.8 Å². The molecule has 1 N–H and O–H groups in total. The van der Waals surface area contributed by atoms with E-state index in [1.807, 2.05) is 46.4 Å². The Kier molecular flexibility index (Phi) is 3.72. The van der Waals surface area contributed by atoms with Crippen LogP contribution in [-0.4, -0.2) is 15.3 Å². The Labute approximate surface area is 141 Å². The van der Waals surface area contributed by atoms with Crippen molar-refractivity contribution in [3.63, 3.8) is 0 Å². The molecule has 4 aromatic rings. The molecule has 1 aromatic carbocycles. The third-order valence-electron chi connectivity index (χ3n) is 3.48. The van der Waals surface area contributed by atoms with Crippen LogP contribution in [0, 0.1) is 0 Å². The van der Waals surface area contributed by atoms with Crippen molar-refractivity contribution < 1.29 is 9.21 Å².